The van der Waals surface area contributed by atoms with Crippen LogP contribution in [0, 0.1) is 12.8 Å². The number of aryl methyl sites for hydroxylation is 1. The van der Waals surface area contributed by atoms with Crippen LogP contribution in [0.3, 0.4) is 0 Å². The van der Waals surface area contributed by atoms with Gasteiger partial charge in [-0.3, -0.25) is 13.9 Å². The van der Waals surface area contributed by atoms with Crippen LogP contribution >= 0.6 is 23.2 Å². The molecule has 1 atom stereocenters. The number of aromatic nitrogens is 1. The summed E-state index contributed by atoms with van der Waals surface area (Å²) in [4.78, 5) is 32.7. The lowest BCUT2D eigenvalue weighted by Crippen LogP contribution is -2.52. The van der Waals surface area contributed by atoms with Crippen molar-refractivity contribution >= 4 is 62.2 Å². The lowest BCUT2D eigenvalue weighted by Gasteiger charge is -2.37. The Balaban J connectivity index is 1.24. The second-order valence-electron chi connectivity index (χ2n) is 10.3. The molecule has 0 aliphatic carbocycles. The number of amides is 2. The zero-order valence-electron chi connectivity index (χ0n) is 22.5. The van der Waals surface area contributed by atoms with E-state index in [-0.39, 0.29) is 27.0 Å². The van der Waals surface area contributed by atoms with Gasteiger partial charge in [-0.05, 0) is 74.1 Å². The first kappa shape index (κ1) is 29.2. The predicted octanol–water partition coefficient (Wildman–Crippen LogP) is 5.03. The van der Waals surface area contributed by atoms with Crippen molar-refractivity contribution < 1.29 is 18.0 Å². The molecule has 2 aliphatic heterocycles. The van der Waals surface area contributed by atoms with E-state index >= 15 is 0 Å². The van der Waals surface area contributed by atoms with Gasteiger partial charge in [0.15, 0.2) is 0 Å². The minimum atomic E-state index is -4.36. The van der Waals surface area contributed by atoms with E-state index in [9.17, 15) is 18.0 Å². The Labute approximate surface area is 249 Å². The van der Waals surface area contributed by atoms with Crippen molar-refractivity contribution in [2.24, 2.45) is 5.92 Å². The average molecular weight is 617 g/mol. The van der Waals surface area contributed by atoms with Crippen LogP contribution in [-0.4, -0.2) is 50.9 Å². The first-order valence-electron chi connectivity index (χ1n) is 13.5. The molecule has 12 heteroatoms. The van der Waals surface area contributed by atoms with E-state index in [1.807, 2.05) is 12.3 Å². The molecular formula is C29H31Cl2N5O4S. The summed E-state index contributed by atoms with van der Waals surface area (Å²) in [6.07, 6.45) is 4.24. The van der Waals surface area contributed by atoms with Crippen LogP contribution in [0.5, 0.6) is 0 Å². The number of fused-ring (bicyclic) bond motifs is 1. The van der Waals surface area contributed by atoms with Crippen molar-refractivity contribution in [3.63, 3.8) is 0 Å². The fourth-order valence-electron chi connectivity index (χ4n) is 5.33. The predicted molar refractivity (Wildman–Crippen MR) is 161 cm³/mol. The normalized spacial score (nSPS) is 17.6. The number of halogens is 2. The lowest BCUT2D eigenvalue weighted by atomic mass is 9.93. The summed E-state index contributed by atoms with van der Waals surface area (Å²) >= 11 is 12.4. The Morgan fingerprint density at radius 3 is 2.61 bits per heavy atom. The van der Waals surface area contributed by atoms with Crippen LogP contribution in [0.15, 0.2) is 65.7 Å². The molecule has 2 aliphatic rings. The highest BCUT2D eigenvalue weighted by atomic mass is 35.5. The van der Waals surface area contributed by atoms with Crippen LogP contribution < -0.4 is 19.8 Å². The Morgan fingerprint density at radius 1 is 1.10 bits per heavy atom. The van der Waals surface area contributed by atoms with Gasteiger partial charge >= 0.3 is 0 Å². The second kappa shape index (κ2) is 12.3. The van der Waals surface area contributed by atoms with Crippen LogP contribution in [0.1, 0.15) is 31.2 Å². The van der Waals surface area contributed by atoms with Gasteiger partial charge in [-0.15, -0.1) is 0 Å². The summed E-state index contributed by atoms with van der Waals surface area (Å²) in [6, 6.07) is 13.6. The molecular weight excluding hydrogens is 585 g/mol. The molecule has 0 spiro atoms. The Bertz CT molecular complexity index is 1560. The highest BCUT2D eigenvalue weighted by Gasteiger charge is 2.42. The summed E-state index contributed by atoms with van der Waals surface area (Å²) in [5, 5.41) is 5.54. The second-order valence-corrected chi connectivity index (χ2v) is 12.9. The number of sulfonamides is 1. The van der Waals surface area contributed by atoms with Crippen LogP contribution in [0.25, 0.3) is 0 Å². The topological polar surface area (TPSA) is 112 Å². The van der Waals surface area contributed by atoms with Crippen molar-refractivity contribution in [2.75, 3.05) is 34.2 Å². The highest BCUT2D eigenvalue weighted by molar-refractivity contribution is 7.93. The molecule has 9 nitrogen and oxygen atoms in total. The SMILES string of the molecule is Cc1ccnc(N2CCC(CCNC(=O)CC3C(=O)Nc4ccccc4N3S(=O)(=O)c3cccc(Cl)c3Cl)CC2)c1. The molecule has 1 fully saturated rings. The summed E-state index contributed by atoms with van der Waals surface area (Å²) in [5.41, 5.74) is 1.75. The first-order chi connectivity index (χ1) is 19.6. The van der Waals surface area contributed by atoms with E-state index in [0.29, 0.717) is 18.2 Å². The van der Waals surface area contributed by atoms with E-state index in [1.165, 1.54) is 23.8 Å². The minimum Gasteiger partial charge on any atom is -0.357 e. The maximum atomic E-state index is 13.9. The molecule has 1 unspecified atom stereocenters. The monoisotopic (exact) mass is 615 g/mol. The molecule has 0 saturated carbocycles. The van der Waals surface area contributed by atoms with Crippen LogP contribution in [0.2, 0.25) is 10.0 Å². The fraction of sp³-hybridized carbons (Fsp3) is 0.345. The van der Waals surface area contributed by atoms with Crippen molar-refractivity contribution in [1.29, 1.82) is 0 Å². The highest BCUT2D eigenvalue weighted by Crippen LogP contribution is 2.40. The quantitative estimate of drug-likeness (QED) is 0.368. The summed E-state index contributed by atoms with van der Waals surface area (Å²) in [5.74, 6) is 0.423. The number of carbonyl (C=O) groups excluding carboxylic acids is 2. The number of nitrogens with zero attached hydrogens (tertiary/aromatic N) is 3. The van der Waals surface area contributed by atoms with E-state index in [0.717, 1.165) is 42.5 Å². The van der Waals surface area contributed by atoms with Gasteiger partial charge in [0.2, 0.25) is 11.8 Å². The van der Waals surface area contributed by atoms with E-state index in [4.69, 9.17) is 23.2 Å². The zero-order valence-corrected chi connectivity index (χ0v) is 24.8. The third-order valence-electron chi connectivity index (χ3n) is 7.53. The molecule has 0 radical (unpaired) electrons. The summed E-state index contributed by atoms with van der Waals surface area (Å²) in [7, 11) is -4.36. The molecule has 2 N–H and O–H groups in total. The third kappa shape index (κ3) is 6.29. The molecule has 1 saturated heterocycles. The molecule has 3 aromatic rings. The van der Waals surface area contributed by atoms with Crippen LogP contribution in [-0.2, 0) is 19.6 Å². The summed E-state index contributed by atoms with van der Waals surface area (Å²) < 4.78 is 28.8. The number of para-hydroxylation sites is 2. The zero-order chi connectivity index (χ0) is 29.1. The van der Waals surface area contributed by atoms with Crippen molar-refractivity contribution in [3.05, 3.63) is 76.4 Å². The van der Waals surface area contributed by atoms with Gasteiger partial charge in [0.05, 0.1) is 27.8 Å². The number of benzene rings is 2. The smallest absolute Gasteiger partial charge is 0.266 e. The van der Waals surface area contributed by atoms with Gasteiger partial charge in [0.1, 0.15) is 16.8 Å². The molecule has 216 valence electrons. The number of hydrogen-bond donors (Lipinski definition) is 2. The van der Waals surface area contributed by atoms with E-state index in [2.05, 4.69) is 33.5 Å². The first-order valence-corrected chi connectivity index (χ1v) is 15.7. The van der Waals surface area contributed by atoms with Crippen molar-refractivity contribution in [1.82, 2.24) is 10.3 Å². The average Bonchev–Trinajstić information content (AvgIpc) is 2.95. The van der Waals surface area contributed by atoms with Crippen molar-refractivity contribution in [2.45, 2.75) is 43.5 Å². The molecule has 2 aromatic carbocycles. The number of carbonyl (C=O) groups is 2. The Hall–Kier alpha value is -3.34. The number of nitrogens with one attached hydrogen (secondary N) is 2. The lowest BCUT2D eigenvalue weighted by molar-refractivity contribution is -0.125. The molecule has 1 aromatic heterocycles. The van der Waals surface area contributed by atoms with Gasteiger partial charge in [-0.1, -0.05) is 41.4 Å². The van der Waals surface area contributed by atoms with Crippen LogP contribution in [0.4, 0.5) is 17.2 Å². The van der Waals surface area contributed by atoms with Gasteiger partial charge in [0.25, 0.3) is 10.0 Å². The molecule has 5 rings (SSSR count). The van der Waals surface area contributed by atoms with E-state index < -0.39 is 27.9 Å². The summed E-state index contributed by atoms with van der Waals surface area (Å²) in [6.45, 7) is 4.28. The minimum absolute atomic E-state index is 0.0674. The van der Waals surface area contributed by atoms with Gasteiger partial charge in [0, 0.05) is 25.8 Å². The molecule has 41 heavy (non-hydrogen) atoms. The number of anilines is 3. The van der Waals surface area contributed by atoms with Gasteiger partial charge in [-0.25, -0.2) is 13.4 Å². The van der Waals surface area contributed by atoms with Gasteiger partial charge in [-0.2, -0.15) is 0 Å². The fourth-order valence-corrected chi connectivity index (χ4v) is 7.70. The number of hydrogen-bond acceptors (Lipinski definition) is 6. The molecule has 0 bridgehead atoms. The number of rotatable bonds is 8. The largest absolute Gasteiger partial charge is 0.357 e. The third-order valence-corrected chi connectivity index (χ3v) is 10.3. The maximum absolute atomic E-state index is 13.9. The number of pyridine rings is 1. The molecule has 3 heterocycles. The standard InChI is InChI=1S/C29H31Cl2N5O4S/c1-19-9-13-32-26(17-19)35-15-11-20(12-16-35)10-14-33-27(37)18-24-29(38)34-22-6-2-3-7-23(22)36(24)41(39,40)25-8-4-5-21(30)28(25)31/h2-9,13,17,20,24H,10-12,14-16,18H2,1H3,(H,33,37)(H,34,38). The maximum Gasteiger partial charge on any atom is 0.266 e. The van der Waals surface area contributed by atoms with Gasteiger partial charge < -0.3 is 15.5 Å². The Kier molecular flexibility index (Phi) is 8.72. The Morgan fingerprint density at radius 2 is 1.85 bits per heavy atom. The van der Waals surface area contributed by atoms with Crippen molar-refractivity contribution in [3.8, 4) is 0 Å². The molecule has 2 amide bonds. The van der Waals surface area contributed by atoms with E-state index in [1.54, 1.807) is 24.3 Å². The number of piperidine rings is 1.